The molecular weight excluding hydrogens is 551 g/mol. The summed E-state index contributed by atoms with van der Waals surface area (Å²) in [6.45, 7) is 4.41. The fourth-order valence-electron chi connectivity index (χ4n) is 5.38. The number of rotatable bonds is 9. The molecule has 0 aromatic heterocycles. The molecule has 3 heterocycles. The molecule has 0 bridgehead atoms. The quantitative estimate of drug-likeness (QED) is 0.322. The van der Waals surface area contributed by atoms with Crippen LogP contribution in [-0.4, -0.2) is 76.8 Å². The number of thioether (sulfide) groups is 1. The van der Waals surface area contributed by atoms with Gasteiger partial charge in [0.05, 0.1) is 18.1 Å². The molecule has 198 valence electrons. The number of fused-ring (bicyclic) bond motifs is 1. The first-order valence-corrected chi connectivity index (χ1v) is 14.6. The summed E-state index contributed by atoms with van der Waals surface area (Å²) in [5.74, 6) is -2.45. The number of amides is 1. The Morgan fingerprint density at radius 1 is 1.36 bits per heavy atom. The van der Waals surface area contributed by atoms with Crippen molar-refractivity contribution >= 4 is 57.0 Å². The number of carbonyl (C=O) groups is 2. The topological polar surface area (TPSA) is 153 Å². The third-order valence-corrected chi connectivity index (χ3v) is 9.66. The molecule has 0 saturated carbocycles. The molecule has 4 rings (SSSR count). The Morgan fingerprint density at radius 3 is 2.67 bits per heavy atom. The van der Waals surface area contributed by atoms with Crippen LogP contribution in [0.4, 0.5) is 0 Å². The highest BCUT2D eigenvalue weighted by Crippen LogP contribution is 2.52. The van der Waals surface area contributed by atoms with Crippen LogP contribution in [0.25, 0.3) is 0 Å². The van der Waals surface area contributed by atoms with Gasteiger partial charge in [-0.2, -0.15) is 8.42 Å². The van der Waals surface area contributed by atoms with Gasteiger partial charge in [-0.3, -0.25) is 9.69 Å². The summed E-state index contributed by atoms with van der Waals surface area (Å²) >= 11 is 13.9. The molecule has 0 radical (unpaired) electrons. The van der Waals surface area contributed by atoms with Gasteiger partial charge < -0.3 is 15.1 Å². The van der Waals surface area contributed by atoms with Crippen molar-refractivity contribution in [3.63, 3.8) is 0 Å². The van der Waals surface area contributed by atoms with Crippen molar-refractivity contribution in [1.82, 2.24) is 14.5 Å². The molecule has 2 fully saturated rings. The number of aliphatic hydroxyl groups excluding tert-OH is 1. The summed E-state index contributed by atoms with van der Waals surface area (Å²) in [6, 6.07) is 4.51. The van der Waals surface area contributed by atoms with E-state index in [1.165, 1.54) is 23.6 Å². The van der Waals surface area contributed by atoms with Crippen LogP contribution in [0.5, 0.6) is 0 Å². The van der Waals surface area contributed by atoms with E-state index in [0.29, 0.717) is 34.5 Å². The predicted molar refractivity (Wildman–Crippen MR) is 137 cm³/mol. The fourth-order valence-corrected chi connectivity index (χ4v) is 7.77. The van der Waals surface area contributed by atoms with Crippen molar-refractivity contribution in [3.05, 3.63) is 44.4 Å². The second-order valence-electron chi connectivity index (χ2n) is 9.46. The van der Waals surface area contributed by atoms with Crippen molar-refractivity contribution in [1.29, 1.82) is 0 Å². The Hall–Kier alpha value is -1.38. The number of carboxylic acid groups (broad SMARTS) is 1. The number of β-lactam (4-membered cyclic amide) rings is 1. The number of benzene rings is 1. The molecule has 0 aliphatic carbocycles. The predicted octanol–water partition coefficient (Wildman–Crippen LogP) is 1.62. The summed E-state index contributed by atoms with van der Waals surface area (Å²) in [5, 5.41) is 26.1. The summed E-state index contributed by atoms with van der Waals surface area (Å²) < 4.78 is 25.4. The Balaban J connectivity index is 1.57. The zero-order valence-corrected chi connectivity index (χ0v) is 22.7. The third kappa shape index (κ3) is 5.41. The lowest BCUT2D eigenvalue weighted by molar-refractivity contribution is -0.163. The van der Waals surface area contributed by atoms with Crippen molar-refractivity contribution < 1.29 is 28.2 Å². The van der Waals surface area contributed by atoms with E-state index < -0.39 is 34.2 Å². The second-order valence-corrected chi connectivity index (χ2v) is 13.0. The van der Waals surface area contributed by atoms with Gasteiger partial charge in [0.1, 0.15) is 5.70 Å². The fraction of sp³-hybridized carbons (Fsp3) is 0.545. The molecule has 2 saturated heterocycles. The van der Waals surface area contributed by atoms with E-state index in [1.54, 1.807) is 18.2 Å². The van der Waals surface area contributed by atoms with Crippen LogP contribution in [-0.2, 0) is 26.3 Å². The van der Waals surface area contributed by atoms with Crippen molar-refractivity contribution in [2.75, 3.05) is 13.1 Å². The number of nitrogens with zero attached hydrogens (tertiary/aromatic N) is 2. The molecule has 0 spiro atoms. The first-order chi connectivity index (χ1) is 16.8. The molecule has 1 aromatic carbocycles. The van der Waals surface area contributed by atoms with Gasteiger partial charge in [-0.1, -0.05) is 30.1 Å². The summed E-state index contributed by atoms with van der Waals surface area (Å²) in [5.41, 5.74) is 0.750. The normalized spacial score (nSPS) is 29.4. The number of nitrogens with one attached hydrogen (secondary N) is 1. The van der Waals surface area contributed by atoms with Crippen LogP contribution < -0.4 is 9.86 Å². The van der Waals surface area contributed by atoms with E-state index in [4.69, 9.17) is 28.3 Å². The summed E-state index contributed by atoms with van der Waals surface area (Å²) in [4.78, 5) is 28.7. The average Bonchev–Trinajstić information content (AvgIpc) is 3.25. The van der Waals surface area contributed by atoms with Crippen molar-refractivity contribution in [3.8, 4) is 0 Å². The lowest BCUT2D eigenvalue weighted by atomic mass is 9.79. The number of likely N-dealkylation sites (tertiary alicyclic amines) is 1. The highest BCUT2D eigenvalue weighted by molar-refractivity contribution is 8.03. The molecule has 1 aromatic rings. The third-order valence-electron chi connectivity index (χ3n) is 7.00. The SMILES string of the molecule is C[C@@H](O)[C@H]1C(=O)N2C(C(=O)O)=C(S[C@H]3C[C@@H](CNS(N)(=O)=O)N(Cc4cc(Cl)ccc4Cl)C3)[C@H](C)[C@H]12. The minimum absolute atomic E-state index is 0.0325. The molecular formula is C22H28Cl2N4O6S2. The van der Waals surface area contributed by atoms with E-state index in [0.717, 1.165) is 5.56 Å². The number of aliphatic carboxylic acids is 1. The zero-order valence-electron chi connectivity index (χ0n) is 19.6. The number of carboxylic acids is 1. The highest BCUT2D eigenvalue weighted by atomic mass is 35.5. The van der Waals surface area contributed by atoms with Gasteiger partial charge in [-0.15, -0.1) is 11.8 Å². The minimum atomic E-state index is -3.90. The van der Waals surface area contributed by atoms with Crippen LogP contribution in [0.3, 0.4) is 0 Å². The lowest BCUT2D eigenvalue weighted by Crippen LogP contribution is -2.63. The van der Waals surface area contributed by atoms with Crippen LogP contribution in [0, 0.1) is 11.8 Å². The highest BCUT2D eigenvalue weighted by Gasteiger charge is 2.60. The molecule has 3 aliphatic rings. The standard InChI is InChI=1S/C22H28Cl2N4O6S2/c1-10-18-17(11(2)29)21(30)28(18)19(22(31)32)20(10)35-15-6-14(7-26-36(25,33)34)27(9-15)8-12-5-13(23)3-4-16(12)24/h3-5,10-11,14-15,17-18,26,29H,6-9H2,1-2H3,(H,31,32)(H2,25,33,34)/t10-,11-,14+,15+,17-,18-/m1/s1. The Bertz CT molecular complexity index is 1210. The number of halogens is 2. The van der Waals surface area contributed by atoms with Gasteiger partial charge in [-0.25, -0.2) is 14.7 Å². The maximum atomic E-state index is 12.6. The van der Waals surface area contributed by atoms with Crippen molar-refractivity contribution in [2.45, 2.75) is 50.3 Å². The number of carbonyl (C=O) groups excluding carboxylic acids is 1. The van der Waals surface area contributed by atoms with Crippen LogP contribution in [0.2, 0.25) is 10.0 Å². The van der Waals surface area contributed by atoms with Gasteiger partial charge in [-0.05, 0) is 37.1 Å². The van der Waals surface area contributed by atoms with Gasteiger partial charge in [0.15, 0.2) is 0 Å². The summed E-state index contributed by atoms with van der Waals surface area (Å²) in [7, 11) is -3.90. The monoisotopic (exact) mass is 578 g/mol. The van der Waals surface area contributed by atoms with E-state index in [2.05, 4.69) is 9.62 Å². The summed E-state index contributed by atoms with van der Waals surface area (Å²) in [6.07, 6.45) is -0.328. The van der Waals surface area contributed by atoms with E-state index in [-0.39, 0.29) is 35.4 Å². The van der Waals surface area contributed by atoms with Crippen LogP contribution >= 0.6 is 35.0 Å². The van der Waals surface area contributed by atoms with Gasteiger partial charge in [0.25, 0.3) is 10.2 Å². The van der Waals surface area contributed by atoms with E-state index >= 15 is 0 Å². The molecule has 14 heteroatoms. The van der Waals surface area contributed by atoms with Gasteiger partial charge in [0, 0.05) is 51.8 Å². The molecule has 0 unspecified atom stereocenters. The molecule has 3 aliphatic heterocycles. The average molecular weight is 580 g/mol. The molecule has 5 N–H and O–H groups in total. The maximum Gasteiger partial charge on any atom is 0.353 e. The maximum absolute atomic E-state index is 12.6. The largest absolute Gasteiger partial charge is 0.477 e. The van der Waals surface area contributed by atoms with Crippen LogP contribution in [0.15, 0.2) is 28.8 Å². The first-order valence-electron chi connectivity index (χ1n) is 11.4. The van der Waals surface area contributed by atoms with Gasteiger partial charge in [0.2, 0.25) is 5.91 Å². The molecule has 36 heavy (non-hydrogen) atoms. The van der Waals surface area contributed by atoms with Crippen LogP contribution in [0.1, 0.15) is 25.8 Å². The number of hydrogen-bond acceptors (Lipinski definition) is 7. The zero-order chi connectivity index (χ0) is 26.5. The molecule has 6 atom stereocenters. The smallest absolute Gasteiger partial charge is 0.353 e. The molecule has 10 nitrogen and oxygen atoms in total. The number of nitrogens with two attached hydrogens (primary N) is 1. The van der Waals surface area contributed by atoms with E-state index in [1.807, 2.05) is 6.92 Å². The lowest BCUT2D eigenvalue weighted by Gasteiger charge is -2.46. The number of hydrogen-bond donors (Lipinski definition) is 4. The Morgan fingerprint density at radius 2 is 2.06 bits per heavy atom. The molecule has 1 amide bonds. The number of aliphatic hydroxyl groups is 1. The van der Waals surface area contributed by atoms with Gasteiger partial charge >= 0.3 is 5.97 Å². The minimum Gasteiger partial charge on any atom is -0.477 e. The Kier molecular flexibility index (Phi) is 8.00. The van der Waals surface area contributed by atoms with E-state index in [9.17, 15) is 28.2 Å². The Labute approximate surface area is 224 Å². The first kappa shape index (κ1) is 27.6. The van der Waals surface area contributed by atoms with Crippen molar-refractivity contribution in [2.24, 2.45) is 17.0 Å². The second kappa shape index (κ2) is 10.4.